The average molecular weight is 240 g/mol. The molecule has 90 valence electrons. The van der Waals surface area contributed by atoms with Gasteiger partial charge in [-0.25, -0.2) is 0 Å². The van der Waals surface area contributed by atoms with Gasteiger partial charge in [-0.05, 0) is 30.3 Å². The molecule has 0 amide bonds. The third-order valence-corrected chi connectivity index (χ3v) is 2.41. The van der Waals surface area contributed by atoms with Crippen LogP contribution in [0.1, 0.15) is 5.56 Å². The predicted molar refractivity (Wildman–Crippen MR) is 68.6 cm³/mol. The van der Waals surface area contributed by atoms with Gasteiger partial charge >= 0.3 is 0 Å². The van der Waals surface area contributed by atoms with Crippen LogP contribution >= 0.6 is 0 Å². The van der Waals surface area contributed by atoms with Crippen LogP contribution in [0.15, 0.2) is 42.5 Å². The van der Waals surface area contributed by atoms with Gasteiger partial charge in [-0.2, -0.15) is 5.26 Å². The lowest BCUT2D eigenvalue weighted by atomic mass is 10.2. The maximum atomic E-state index is 8.75. The van der Waals surface area contributed by atoms with Gasteiger partial charge in [0, 0.05) is 6.07 Å². The number of benzene rings is 2. The van der Waals surface area contributed by atoms with E-state index in [-0.39, 0.29) is 0 Å². The summed E-state index contributed by atoms with van der Waals surface area (Å²) in [6.07, 6.45) is 0. The van der Waals surface area contributed by atoms with E-state index in [0.29, 0.717) is 28.5 Å². The molecule has 0 fully saturated rings. The van der Waals surface area contributed by atoms with Gasteiger partial charge in [0.2, 0.25) is 0 Å². The fourth-order valence-electron chi connectivity index (χ4n) is 1.50. The average Bonchev–Trinajstić information content (AvgIpc) is 2.41. The van der Waals surface area contributed by atoms with Crippen LogP contribution < -0.4 is 15.2 Å². The summed E-state index contributed by atoms with van der Waals surface area (Å²) in [6, 6.07) is 14.2. The molecule has 4 heteroatoms. The Morgan fingerprint density at radius 1 is 1.11 bits per heavy atom. The Morgan fingerprint density at radius 3 is 2.56 bits per heavy atom. The summed E-state index contributed by atoms with van der Waals surface area (Å²) in [7, 11) is 1.59. The third-order valence-electron chi connectivity index (χ3n) is 2.41. The lowest BCUT2D eigenvalue weighted by Crippen LogP contribution is -1.93. The van der Waals surface area contributed by atoms with E-state index < -0.39 is 0 Å². The first-order valence-electron chi connectivity index (χ1n) is 5.34. The van der Waals surface area contributed by atoms with Crippen LogP contribution in [0.5, 0.6) is 17.2 Å². The van der Waals surface area contributed by atoms with Gasteiger partial charge < -0.3 is 15.2 Å². The Labute approximate surface area is 105 Å². The highest BCUT2D eigenvalue weighted by molar-refractivity contribution is 5.57. The van der Waals surface area contributed by atoms with Gasteiger partial charge in [0.15, 0.2) is 0 Å². The molecule has 0 aliphatic heterocycles. The van der Waals surface area contributed by atoms with Crippen LogP contribution in [0.25, 0.3) is 0 Å². The summed E-state index contributed by atoms with van der Waals surface area (Å²) in [4.78, 5) is 0. The molecule has 0 spiro atoms. The van der Waals surface area contributed by atoms with Crippen molar-refractivity contribution in [3.63, 3.8) is 0 Å². The summed E-state index contributed by atoms with van der Waals surface area (Å²) in [5, 5.41) is 8.75. The van der Waals surface area contributed by atoms with Gasteiger partial charge in [-0.15, -0.1) is 0 Å². The molecule has 0 heterocycles. The largest absolute Gasteiger partial charge is 0.497 e. The van der Waals surface area contributed by atoms with Crippen molar-refractivity contribution in [3.8, 4) is 23.3 Å². The molecule has 0 aliphatic rings. The molecule has 0 aliphatic carbocycles. The summed E-state index contributed by atoms with van der Waals surface area (Å²) < 4.78 is 10.7. The molecular formula is C14H12N2O2. The first-order chi connectivity index (χ1) is 8.72. The van der Waals surface area contributed by atoms with Crippen molar-refractivity contribution in [2.24, 2.45) is 0 Å². The van der Waals surface area contributed by atoms with Crippen molar-refractivity contribution in [1.29, 1.82) is 5.26 Å². The maximum absolute atomic E-state index is 8.75. The molecule has 0 atom stereocenters. The Morgan fingerprint density at radius 2 is 1.89 bits per heavy atom. The molecule has 2 aromatic rings. The smallest absolute Gasteiger partial charge is 0.150 e. The summed E-state index contributed by atoms with van der Waals surface area (Å²) in [6.45, 7) is 0. The topological polar surface area (TPSA) is 68.3 Å². The number of methoxy groups -OCH3 is 1. The molecule has 0 unspecified atom stereocenters. The van der Waals surface area contributed by atoms with Crippen molar-refractivity contribution < 1.29 is 9.47 Å². The summed E-state index contributed by atoms with van der Waals surface area (Å²) in [5.41, 5.74) is 6.74. The number of rotatable bonds is 3. The lowest BCUT2D eigenvalue weighted by molar-refractivity contribution is 0.409. The second-order valence-corrected chi connectivity index (χ2v) is 3.65. The minimum Gasteiger partial charge on any atom is -0.497 e. The van der Waals surface area contributed by atoms with E-state index in [2.05, 4.69) is 0 Å². The second kappa shape index (κ2) is 5.11. The van der Waals surface area contributed by atoms with Gasteiger partial charge in [0.1, 0.15) is 17.2 Å². The van der Waals surface area contributed by atoms with Gasteiger partial charge in [0.05, 0.1) is 24.4 Å². The fraction of sp³-hybridized carbons (Fsp3) is 0.0714. The Hall–Kier alpha value is -2.67. The quantitative estimate of drug-likeness (QED) is 0.837. The number of nitriles is 1. The highest BCUT2D eigenvalue weighted by Gasteiger charge is 2.04. The molecule has 0 saturated heterocycles. The molecule has 2 aromatic carbocycles. The number of nitrogens with zero attached hydrogens (tertiary/aromatic N) is 1. The monoisotopic (exact) mass is 240 g/mol. The number of hydrogen-bond donors (Lipinski definition) is 1. The SMILES string of the molecule is COc1cccc(Oc2ccc(C#N)cc2N)c1. The number of nitrogen functional groups attached to an aromatic ring is 1. The van der Waals surface area contributed by atoms with E-state index in [4.69, 9.17) is 20.5 Å². The zero-order valence-electron chi connectivity index (χ0n) is 9.88. The van der Waals surface area contributed by atoms with Crippen molar-refractivity contribution in [2.45, 2.75) is 0 Å². The molecule has 0 aromatic heterocycles. The first-order valence-corrected chi connectivity index (χ1v) is 5.34. The zero-order valence-corrected chi connectivity index (χ0v) is 9.88. The molecule has 18 heavy (non-hydrogen) atoms. The van der Waals surface area contributed by atoms with Crippen LogP contribution in [0, 0.1) is 11.3 Å². The highest BCUT2D eigenvalue weighted by Crippen LogP contribution is 2.29. The van der Waals surface area contributed by atoms with Crippen LogP contribution in [0.2, 0.25) is 0 Å². The van der Waals surface area contributed by atoms with Gasteiger partial charge in [-0.1, -0.05) is 6.07 Å². The molecule has 4 nitrogen and oxygen atoms in total. The first kappa shape index (κ1) is 11.8. The fourth-order valence-corrected chi connectivity index (χ4v) is 1.50. The number of nitrogens with two attached hydrogens (primary N) is 1. The third kappa shape index (κ3) is 2.53. The van der Waals surface area contributed by atoms with E-state index in [9.17, 15) is 0 Å². The van der Waals surface area contributed by atoms with Crippen molar-refractivity contribution in [1.82, 2.24) is 0 Å². The normalized spacial score (nSPS) is 9.56. The maximum Gasteiger partial charge on any atom is 0.150 e. The Kier molecular flexibility index (Phi) is 3.35. The minimum atomic E-state index is 0.428. The van der Waals surface area contributed by atoms with Gasteiger partial charge in [0.25, 0.3) is 0 Å². The summed E-state index contributed by atoms with van der Waals surface area (Å²) in [5.74, 6) is 1.85. The number of ether oxygens (including phenoxy) is 2. The molecule has 0 radical (unpaired) electrons. The van der Waals surface area contributed by atoms with E-state index in [0.717, 1.165) is 0 Å². The van der Waals surface area contributed by atoms with E-state index in [1.807, 2.05) is 18.2 Å². The molecule has 2 N–H and O–H groups in total. The van der Waals surface area contributed by atoms with Crippen LogP contribution in [0.3, 0.4) is 0 Å². The Bertz CT molecular complexity index is 603. The molecule has 0 saturated carbocycles. The predicted octanol–water partition coefficient (Wildman–Crippen LogP) is 2.94. The van der Waals surface area contributed by atoms with E-state index in [1.54, 1.807) is 37.4 Å². The van der Waals surface area contributed by atoms with Crippen LogP contribution in [-0.4, -0.2) is 7.11 Å². The molecule has 0 bridgehead atoms. The van der Waals surface area contributed by atoms with Crippen LogP contribution in [0.4, 0.5) is 5.69 Å². The Balaban J connectivity index is 2.26. The van der Waals surface area contributed by atoms with Crippen molar-refractivity contribution in [3.05, 3.63) is 48.0 Å². The molecule has 2 rings (SSSR count). The second-order valence-electron chi connectivity index (χ2n) is 3.65. The molecular weight excluding hydrogens is 228 g/mol. The number of hydrogen-bond acceptors (Lipinski definition) is 4. The highest BCUT2D eigenvalue weighted by atomic mass is 16.5. The number of anilines is 1. The standard InChI is InChI=1S/C14H12N2O2/c1-17-11-3-2-4-12(8-11)18-14-6-5-10(9-15)7-13(14)16/h2-8H,16H2,1H3. The summed E-state index contributed by atoms with van der Waals surface area (Å²) >= 11 is 0. The minimum absolute atomic E-state index is 0.428. The zero-order chi connectivity index (χ0) is 13.0. The lowest BCUT2D eigenvalue weighted by Gasteiger charge is -2.09. The van der Waals surface area contributed by atoms with Crippen molar-refractivity contribution in [2.75, 3.05) is 12.8 Å². The van der Waals surface area contributed by atoms with E-state index in [1.165, 1.54) is 0 Å². The van der Waals surface area contributed by atoms with Crippen molar-refractivity contribution >= 4 is 5.69 Å². The van der Waals surface area contributed by atoms with Gasteiger partial charge in [-0.3, -0.25) is 0 Å². The van der Waals surface area contributed by atoms with Crippen LogP contribution in [-0.2, 0) is 0 Å². The van der Waals surface area contributed by atoms with E-state index >= 15 is 0 Å².